The van der Waals surface area contributed by atoms with Crippen LogP contribution < -0.4 is 10.6 Å². The number of nitrogens with zero attached hydrogens (tertiary/aromatic N) is 1. The van der Waals surface area contributed by atoms with Crippen LogP contribution >= 0.6 is 22.9 Å². The lowest BCUT2D eigenvalue weighted by Gasteiger charge is -2.08. The van der Waals surface area contributed by atoms with Gasteiger partial charge >= 0.3 is 0 Å². The highest BCUT2D eigenvalue weighted by Crippen LogP contribution is 2.23. The van der Waals surface area contributed by atoms with Gasteiger partial charge in [-0.25, -0.2) is 4.98 Å². The number of nitrogens with one attached hydrogen (secondary N) is 2. The Morgan fingerprint density at radius 1 is 1.52 bits per heavy atom. The number of halogens is 1. The van der Waals surface area contributed by atoms with Gasteiger partial charge in [0.15, 0.2) is 5.13 Å². The van der Waals surface area contributed by atoms with Crippen LogP contribution in [0.15, 0.2) is 30.5 Å². The lowest BCUT2D eigenvalue weighted by molar-refractivity contribution is -0.117. The fourth-order valence-corrected chi connectivity index (χ4v) is 3.46. The van der Waals surface area contributed by atoms with E-state index in [1.54, 1.807) is 0 Å². The molecule has 1 atom stereocenters. The second kappa shape index (κ2) is 6.56. The minimum absolute atomic E-state index is 0.0103. The van der Waals surface area contributed by atoms with Gasteiger partial charge < -0.3 is 10.6 Å². The highest BCUT2D eigenvalue weighted by atomic mass is 35.5. The lowest BCUT2D eigenvalue weighted by Crippen LogP contribution is -2.35. The maximum absolute atomic E-state index is 12.0. The van der Waals surface area contributed by atoms with Gasteiger partial charge in [0.2, 0.25) is 5.91 Å². The highest BCUT2D eigenvalue weighted by molar-refractivity contribution is 7.15. The Balaban J connectivity index is 1.62. The van der Waals surface area contributed by atoms with E-state index in [0.29, 0.717) is 5.13 Å². The average Bonchev–Trinajstić information content (AvgIpc) is 3.10. The van der Waals surface area contributed by atoms with Crippen molar-refractivity contribution in [3.8, 4) is 0 Å². The third-order valence-corrected chi connectivity index (χ3v) is 4.58. The Morgan fingerprint density at radius 2 is 2.43 bits per heavy atom. The van der Waals surface area contributed by atoms with Gasteiger partial charge in [-0.15, -0.1) is 11.3 Å². The fraction of sp³-hybridized carbons (Fsp3) is 0.333. The number of hydrogen-bond acceptors (Lipinski definition) is 4. The number of carbonyl (C=O) groups excluding carboxylic acids is 1. The van der Waals surface area contributed by atoms with Gasteiger partial charge in [0.1, 0.15) is 0 Å². The Hall–Kier alpha value is -1.43. The molecule has 0 spiro atoms. The van der Waals surface area contributed by atoms with E-state index in [2.05, 4.69) is 15.6 Å². The van der Waals surface area contributed by atoms with Crippen molar-refractivity contribution in [1.29, 1.82) is 0 Å². The third kappa shape index (κ3) is 3.81. The largest absolute Gasteiger partial charge is 0.306 e. The lowest BCUT2D eigenvalue weighted by atomic mass is 10.1. The summed E-state index contributed by atoms with van der Waals surface area (Å²) in [5.74, 6) is 0.0103. The molecule has 21 heavy (non-hydrogen) atoms. The standard InChI is InChI=1S/C15H16ClN3OS/c16-11-4-1-3-10(7-11)8-12-9-18-15(21-12)19-14(20)13-5-2-6-17-13/h1,3-4,7,9,13,17H,2,5-6,8H2,(H,18,19,20). The molecule has 0 saturated carbocycles. The average molecular weight is 322 g/mol. The normalized spacial score (nSPS) is 17.9. The number of aromatic nitrogens is 1. The van der Waals surface area contributed by atoms with E-state index in [4.69, 9.17) is 11.6 Å². The summed E-state index contributed by atoms with van der Waals surface area (Å²) in [6.45, 7) is 0.913. The second-order valence-corrected chi connectivity index (χ2v) is 6.63. The summed E-state index contributed by atoms with van der Waals surface area (Å²) in [5, 5.41) is 7.45. The van der Waals surface area contributed by atoms with Gasteiger partial charge in [0.05, 0.1) is 6.04 Å². The maximum atomic E-state index is 12.0. The molecule has 1 unspecified atom stereocenters. The zero-order chi connectivity index (χ0) is 14.7. The van der Waals surface area contributed by atoms with E-state index in [0.717, 1.165) is 41.3 Å². The number of carbonyl (C=O) groups is 1. The van der Waals surface area contributed by atoms with Crippen LogP contribution in [-0.2, 0) is 11.2 Å². The molecular formula is C15H16ClN3OS. The first-order valence-corrected chi connectivity index (χ1v) is 8.13. The summed E-state index contributed by atoms with van der Waals surface area (Å²) in [6.07, 6.45) is 4.53. The van der Waals surface area contributed by atoms with Crippen molar-refractivity contribution in [2.75, 3.05) is 11.9 Å². The highest BCUT2D eigenvalue weighted by Gasteiger charge is 2.22. The molecule has 2 heterocycles. The molecule has 0 bridgehead atoms. The molecule has 2 aromatic rings. The van der Waals surface area contributed by atoms with Gasteiger partial charge in [-0.2, -0.15) is 0 Å². The van der Waals surface area contributed by atoms with Crippen molar-refractivity contribution in [2.24, 2.45) is 0 Å². The van der Waals surface area contributed by atoms with E-state index in [-0.39, 0.29) is 11.9 Å². The fourth-order valence-electron chi connectivity index (χ4n) is 2.40. The van der Waals surface area contributed by atoms with E-state index >= 15 is 0 Å². The van der Waals surface area contributed by atoms with Crippen molar-refractivity contribution in [3.05, 3.63) is 45.9 Å². The van der Waals surface area contributed by atoms with Crippen molar-refractivity contribution < 1.29 is 4.79 Å². The van der Waals surface area contributed by atoms with Gasteiger partial charge in [-0.3, -0.25) is 4.79 Å². The molecule has 1 aliphatic rings. The van der Waals surface area contributed by atoms with E-state index in [9.17, 15) is 4.79 Å². The SMILES string of the molecule is O=C(Nc1ncc(Cc2cccc(Cl)c2)s1)C1CCCN1. The molecule has 1 amide bonds. The van der Waals surface area contributed by atoms with Crippen LogP contribution in [0.4, 0.5) is 5.13 Å². The van der Waals surface area contributed by atoms with Crippen molar-refractivity contribution in [1.82, 2.24) is 10.3 Å². The number of amides is 1. The van der Waals surface area contributed by atoms with E-state index in [1.165, 1.54) is 11.3 Å². The molecule has 6 heteroatoms. The Kier molecular flexibility index (Phi) is 4.53. The van der Waals surface area contributed by atoms with Crippen LogP contribution in [-0.4, -0.2) is 23.5 Å². The van der Waals surface area contributed by atoms with Crippen LogP contribution in [0.2, 0.25) is 5.02 Å². The molecule has 0 aliphatic carbocycles. The summed E-state index contributed by atoms with van der Waals surface area (Å²) < 4.78 is 0. The van der Waals surface area contributed by atoms with E-state index < -0.39 is 0 Å². The number of benzene rings is 1. The van der Waals surface area contributed by atoms with Crippen LogP contribution in [0.1, 0.15) is 23.3 Å². The Labute approximate surface area is 132 Å². The molecule has 1 aromatic heterocycles. The van der Waals surface area contributed by atoms with E-state index in [1.807, 2.05) is 30.5 Å². The first-order valence-electron chi connectivity index (χ1n) is 6.94. The van der Waals surface area contributed by atoms with Crippen LogP contribution in [0.5, 0.6) is 0 Å². The molecule has 1 aliphatic heterocycles. The summed E-state index contributed by atoms with van der Waals surface area (Å²) in [6, 6.07) is 7.70. The van der Waals surface area contributed by atoms with Gasteiger partial charge in [0.25, 0.3) is 0 Å². The number of thiazole rings is 1. The quantitative estimate of drug-likeness (QED) is 0.910. The molecular weight excluding hydrogens is 306 g/mol. The zero-order valence-corrected chi connectivity index (χ0v) is 13.0. The summed E-state index contributed by atoms with van der Waals surface area (Å²) in [4.78, 5) is 17.4. The molecule has 1 fully saturated rings. The van der Waals surface area contributed by atoms with Gasteiger partial charge in [-0.05, 0) is 37.1 Å². The minimum Gasteiger partial charge on any atom is -0.306 e. The maximum Gasteiger partial charge on any atom is 0.243 e. The van der Waals surface area contributed by atoms with Crippen molar-refractivity contribution >= 4 is 34.0 Å². The molecule has 4 nitrogen and oxygen atoms in total. The molecule has 110 valence electrons. The first kappa shape index (κ1) is 14.5. The molecule has 1 saturated heterocycles. The molecule has 2 N–H and O–H groups in total. The third-order valence-electron chi connectivity index (χ3n) is 3.43. The zero-order valence-electron chi connectivity index (χ0n) is 11.4. The first-order chi connectivity index (χ1) is 10.2. The van der Waals surface area contributed by atoms with Crippen LogP contribution in [0.3, 0.4) is 0 Å². The summed E-state index contributed by atoms with van der Waals surface area (Å²) in [5.41, 5.74) is 1.14. The van der Waals surface area contributed by atoms with Gasteiger partial charge in [0, 0.05) is 22.5 Å². The predicted molar refractivity (Wildman–Crippen MR) is 86.0 cm³/mol. The summed E-state index contributed by atoms with van der Waals surface area (Å²) in [7, 11) is 0. The second-order valence-electron chi connectivity index (χ2n) is 5.08. The predicted octanol–water partition coefficient (Wildman–Crippen LogP) is 3.08. The molecule has 1 aromatic carbocycles. The van der Waals surface area contributed by atoms with Crippen LogP contribution in [0.25, 0.3) is 0 Å². The van der Waals surface area contributed by atoms with Gasteiger partial charge in [-0.1, -0.05) is 23.7 Å². The Bertz CT molecular complexity index is 637. The molecule has 0 radical (unpaired) electrons. The Morgan fingerprint density at radius 3 is 3.19 bits per heavy atom. The topological polar surface area (TPSA) is 54.0 Å². The van der Waals surface area contributed by atoms with Crippen molar-refractivity contribution in [2.45, 2.75) is 25.3 Å². The van der Waals surface area contributed by atoms with Crippen LogP contribution in [0, 0.1) is 0 Å². The smallest absolute Gasteiger partial charge is 0.243 e. The monoisotopic (exact) mass is 321 g/mol. The number of rotatable bonds is 4. The summed E-state index contributed by atoms with van der Waals surface area (Å²) >= 11 is 7.49. The minimum atomic E-state index is -0.0784. The number of anilines is 1. The molecule has 3 rings (SSSR count). The number of hydrogen-bond donors (Lipinski definition) is 2. The van der Waals surface area contributed by atoms with Crippen molar-refractivity contribution in [3.63, 3.8) is 0 Å².